The molecule has 1 saturated heterocycles. The lowest BCUT2D eigenvalue weighted by Gasteiger charge is -2.19. The second-order valence-electron chi connectivity index (χ2n) is 5.06. The summed E-state index contributed by atoms with van der Waals surface area (Å²) >= 11 is 11.6. The Morgan fingerprint density at radius 2 is 1.95 bits per heavy atom. The number of imide groups is 1. The third-order valence-corrected chi connectivity index (χ3v) is 4.33. The summed E-state index contributed by atoms with van der Waals surface area (Å²) in [4.78, 5) is 37.1. The molecular formula is C14H14Cl2N2O3. The summed E-state index contributed by atoms with van der Waals surface area (Å²) in [6.45, 7) is 3.11. The lowest BCUT2D eigenvalue weighted by atomic mass is 9.99. The maximum Gasteiger partial charge on any atom is 0.325 e. The van der Waals surface area contributed by atoms with Crippen molar-refractivity contribution in [2.24, 2.45) is 0 Å². The van der Waals surface area contributed by atoms with E-state index in [4.69, 9.17) is 23.2 Å². The molecule has 0 spiro atoms. The largest absolute Gasteiger partial charge is 0.325 e. The van der Waals surface area contributed by atoms with Crippen LogP contribution < -0.4 is 5.32 Å². The number of carbonyl (C=O) groups is 3. The molecule has 1 atom stereocenters. The van der Waals surface area contributed by atoms with Gasteiger partial charge in [0.2, 0.25) is 0 Å². The van der Waals surface area contributed by atoms with E-state index in [9.17, 15) is 14.4 Å². The molecule has 2 rings (SSSR count). The Bertz CT molecular complexity index is 633. The lowest BCUT2D eigenvalue weighted by molar-refractivity contribution is -0.130. The molecule has 1 N–H and O–H groups in total. The van der Waals surface area contributed by atoms with Crippen LogP contribution in [0.5, 0.6) is 0 Å². The first-order valence-electron chi connectivity index (χ1n) is 6.41. The Labute approximate surface area is 132 Å². The number of carbonyl (C=O) groups excluding carboxylic acids is 3. The number of amides is 3. The van der Waals surface area contributed by atoms with Gasteiger partial charge < -0.3 is 5.32 Å². The van der Waals surface area contributed by atoms with Crippen LogP contribution in [-0.2, 0) is 4.79 Å². The average molecular weight is 329 g/mol. The minimum absolute atomic E-state index is 0.248. The van der Waals surface area contributed by atoms with E-state index in [0.717, 1.165) is 4.90 Å². The molecule has 112 valence electrons. The molecule has 1 aliphatic rings. The van der Waals surface area contributed by atoms with Crippen LogP contribution in [0.4, 0.5) is 4.79 Å². The zero-order chi connectivity index (χ0) is 15.8. The van der Waals surface area contributed by atoms with Gasteiger partial charge >= 0.3 is 6.03 Å². The topological polar surface area (TPSA) is 66.5 Å². The Morgan fingerprint density at radius 1 is 1.29 bits per heavy atom. The van der Waals surface area contributed by atoms with Crippen LogP contribution in [0.3, 0.4) is 0 Å². The monoisotopic (exact) mass is 328 g/mol. The van der Waals surface area contributed by atoms with E-state index in [1.807, 2.05) is 0 Å². The van der Waals surface area contributed by atoms with Crippen LogP contribution in [0, 0.1) is 0 Å². The van der Waals surface area contributed by atoms with Crippen molar-refractivity contribution in [1.82, 2.24) is 10.2 Å². The molecule has 1 aromatic rings. The fourth-order valence-electron chi connectivity index (χ4n) is 2.03. The number of ketones is 1. The van der Waals surface area contributed by atoms with Crippen LogP contribution in [0.15, 0.2) is 18.2 Å². The van der Waals surface area contributed by atoms with Crippen molar-refractivity contribution in [2.45, 2.75) is 25.8 Å². The number of benzene rings is 1. The van der Waals surface area contributed by atoms with E-state index >= 15 is 0 Å². The van der Waals surface area contributed by atoms with Gasteiger partial charge in [-0.05, 0) is 31.5 Å². The van der Waals surface area contributed by atoms with Crippen LogP contribution >= 0.6 is 23.2 Å². The maximum atomic E-state index is 12.2. The zero-order valence-electron chi connectivity index (χ0n) is 11.6. The minimum Gasteiger partial charge on any atom is -0.323 e. The number of halogens is 2. The summed E-state index contributed by atoms with van der Waals surface area (Å²) in [5.41, 5.74) is -0.648. The highest BCUT2D eigenvalue weighted by atomic mass is 35.5. The van der Waals surface area contributed by atoms with Gasteiger partial charge in [-0.2, -0.15) is 0 Å². The van der Waals surface area contributed by atoms with Gasteiger partial charge in [-0.1, -0.05) is 30.1 Å². The Morgan fingerprint density at radius 3 is 2.48 bits per heavy atom. The molecular weight excluding hydrogens is 315 g/mol. The van der Waals surface area contributed by atoms with E-state index in [-0.39, 0.29) is 17.4 Å². The summed E-state index contributed by atoms with van der Waals surface area (Å²) in [7, 11) is 0. The highest BCUT2D eigenvalue weighted by Gasteiger charge is 2.46. The van der Waals surface area contributed by atoms with Crippen molar-refractivity contribution in [3.05, 3.63) is 33.8 Å². The Balaban J connectivity index is 2.18. The van der Waals surface area contributed by atoms with Crippen molar-refractivity contribution in [3.8, 4) is 0 Å². The summed E-state index contributed by atoms with van der Waals surface area (Å²) in [5.74, 6) is -0.777. The van der Waals surface area contributed by atoms with Crippen molar-refractivity contribution in [2.75, 3.05) is 6.54 Å². The van der Waals surface area contributed by atoms with E-state index in [2.05, 4.69) is 5.32 Å². The fourth-order valence-corrected chi connectivity index (χ4v) is 2.33. The maximum absolute atomic E-state index is 12.2. The van der Waals surface area contributed by atoms with Gasteiger partial charge in [-0.25, -0.2) is 4.79 Å². The summed E-state index contributed by atoms with van der Waals surface area (Å²) in [6.07, 6.45) is 0.453. The molecule has 1 unspecified atom stereocenters. The number of hydrogen-bond donors (Lipinski definition) is 1. The molecule has 21 heavy (non-hydrogen) atoms. The molecule has 3 amide bonds. The van der Waals surface area contributed by atoms with Gasteiger partial charge in [-0.3, -0.25) is 14.5 Å². The van der Waals surface area contributed by atoms with Crippen LogP contribution in [0.1, 0.15) is 30.6 Å². The third-order valence-electron chi connectivity index (χ3n) is 3.60. The predicted molar refractivity (Wildman–Crippen MR) is 79.7 cm³/mol. The molecule has 5 nitrogen and oxygen atoms in total. The van der Waals surface area contributed by atoms with E-state index in [1.165, 1.54) is 18.2 Å². The van der Waals surface area contributed by atoms with E-state index in [0.29, 0.717) is 17.0 Å². The third kappa shape index (κ3) is 2.89. The van der Waals surface area contributed by atoms with Crippen molar-refractivity contribution < 1.29 is 14.4 Å². The first-order valence-corrected chi connectivity index (χ1v) is 7.16. The molecule has 1 fully saturated rings. The van der Waals surface area contributed by atoms with Crippen molar-refractivity contribution in [1.29, 1.82) is 0 Å². The molecule has 1 aliphatic heterocycles. The SMILES string of the molecule is CCC1(C)NC(=O)N(CC(=O)c2ccc(Cl)c(Cl)c2)C1=O. The Hall–Kier alpha value is -1.59. The summed E-state index contributed by atoms with van der Waals surface area (Å²) < 4.78 is 0. The highest BCUT2D eigenvalue weighted by molar-refractivity contribution is 6.42. The smallest absolute Gasteiger partial charge is 0.323 e. The lowest BCUT2D eigenvalue weighted by Crippen LogP contribution is -2.43. The molecule has 1 aromatic carbocycles. The number of rotatable bonds is 4. The Kier molecular flexibility index (Phi) is 4.25. The molecule has 0 aliphatic carbocycles. The highest BCUT2D eigenvalue weighted by Crippen LogP contribution is 2.24. The second kappa shape index (κ2) is 5.66. The molecule has 0 radical (unpaired) electrons. The molecule has 0 bridgehead atoms. The average Bonchev–Trinajstić information content (AvgIpc) is 2.66. The van der Waals surface area contributed by atoms with Crippen molar-refractivity contribution >= 4 is 40.9 Å². The first-order chi connectivity index (χ1) is 9.78. The van der Waals surface area contributed by atoms with Crippen LogP contribution in [0.2, 0.25) is 10.0 Å². The number of nitrogens with zero attached hydrogens (tertiary/aromatic N) is 1. The predicted octanol–water partition coefficient (Wildman–Crippen LogP) is 2.90. The second-order valence-corrected chi connectivity index (χ2v) is 5.87. The van der Waals surface area contributed by atoms with Gasteiger partial charge in [0.1, 0.15) is 5.54 Å². The van der Waals surface area contributed by atoms with Crippen molar-refractivity contribution in [3.63, 3.8) is 0 Å². The first kappa shape index (κ1) is 15.8. The number of Topliss-reactive ketones (excluding diaryl/α,β-unsaturated/α-hetero) is 1. The van der Waals surface area contributed by atoms with Crippen LogP contribution in [-0.4, -0.2) is 34.7 Å². The normalized spacial score (nSPS) is 21.6. The fraction of sp³-hybridized carbons (Fsp3) is 0.357. The summed E-state index contributed by atoms with van der Waals surface area (Å²) in [5, 5.41) is 3.18. The number of hydrogen-bond acceptors (Lipinski definition) is 3. The van der Waals surface area contributed by atoms with Gasteiger partial charge in [0, 0.05) is 5.56 Å². The molecule has 7 heteroatoms. The molecule has 0 aromatic heterocycles. The van der Waals surface area contributed by atoms with Gasteiger partial charge in [0.25, 0.3) is 5.91 Å². The minimum atomic E-state index is -0.949. The zero-order valence-corrected chi connectivity index (χ0v) is 13.1. The van der Waals surface area contributed by atoms with E-state index in [1.54, 1.807) is 13.8 Å². The summed E-state index contributed by atoms with van der Waals surface area (Å²) in [6, 6.07) is 3.87. The standard InChI is InChI=1S/C14H14Cl2N2O3/c1-3-14(2)12(20)18(13(21)17-14)7-11(19)8-4-5-9(15)10(16)6-8/h4-6H,3,7H2,1-2H3,(H,17,21). The quantitative estimate of drug-likeness (QED) is 0.682. The van der Waals surface area contributed by atoms with E-state index < -0.39 is 17.5 Å². The number of urea groups is 1. The molecule has 1 heterocycles. The molecule has 0 saturated carbocycles. The number of nitrogens with one attached hydrogen (secondary N) is 1. The van der Waals surface area contributed by atoms with Gasteiger partial charge in [0.15, 0.2) is 5.78 Å². The van der Waals surface area contributed by atoms with Gasteiger partial charge in [-0.15, -0.1) is 0 Å². The van der Waals surface area contributed by atoms with Gasteiger partial charge in [0.05, 0.1) is 16.6 Å². The van der Waals surface area contributed by atoms with Crippen LogP contribution in [0.25, 0.3) is 0 Å².